The molecule has 0 amide bonds. The Labute approximate surface area is 258 Å². The maximum absolute atomic E-state index is 14.0. The number of nitrogens with two attached hydrogens (primary N) is 1. The number of ether oxygens (including phenoxy) is 2. The van der Waals surface area contributed by atoms with Crippen molar-refractivity contribution in [3.63, 3.8) is 0 Å². The third kappa shape index (κ3) is 5.36. The van der Waals surface area contributed by atoms with Crippen LogP contribution in [0.3, 0.4) is 0 Å². The molecule has 4 unspecified atom stereocenters. The van der Waals surface area contributed by atoms with Crippen LogP contribution in [0.25, 0.3) is 22.3 Å². The van der Waals surface area contributed by atoms with Gasteiger partial charge in [-0.1, -0.05) is 0 Å². The van der Waals surface area contributed by atoms with Crippen LogP contribution in [0.2, 0.25) is 0 Å². The van der Waals surface area contributed by atoms with Crippen LogP contribution < -0.4 is 16.4 Å². The summed E-state index contributed by atoms with van der Waals surface area (Å²) < 4.78 is 65.5. The SMILES string of the molecule is CNP1(=O)OC[C@H]2O[C@@H](n3cnc4c(N)ncnc43)C(O)[C@H]2OP(C)(=O)OC[C@H]2O[C@@H](n3cnc4c(=O)[nH]c(C)nc43)[C@@H](O1)C2O. The Morgan fingerprint density at radius 1 is 0.935 bits per heavy atom. The predicted octanol–water partition coefficient (Wildman–Crippen LogP) is -0.666. The van der Waals surface area contributed by atoms with Crippen molar-refractivity contribution < 1.29 is 46.9 Å². The van der Waals surface area contributed by atoms with Crippen molar-refractivity contribution in [3.05, 3.63) is 35.2 Å². The third-order valence-electron chi connectivity index (χ3n) is 7.84. The molecule has 3 aliphatic rings. The van der Waals surface area contributed by atoms with E-state index in [9.17, 15) is 24.1 Å². The zero-order valence-corrected chi connectivity index (χ0v) is 26.2. The van der Waals surface area contributed by atoms with Gasteiger partial charge in [0.2, 0.25) is 0 Å². The zero-order chi connectivity index (χ0) is 32.5. The minimum Gasteiger partial charge on any atom is -0.387 e. The largest absolute Gasteiger partial charge is 0.405 e. The second-order valence-electron chi connectivity index (χ2n) is 10.9. The smallest absolute Gasteiger partial charge is 0.387 e. The Bertz CT molecular complexity index is 1950. The zero-order valence-electron chi connectivity index (χ0n) is 24.4. The molecule has 3 fully saturated rings. The highest BCUT2D eigenvalue weighted by molar-refractivity contribution is 7.53. The van der Waals surface area contributed by atoms with Crippen molar-refractivity contribution in [2.24, 2.45) is 0 Å². The summed E-state index contributed by atoms with van der Waals surface area (Å²) in [7, 11) is -6.98. The van der Waals surface area contributed by atoms with E-state index in [-0.39, 0.29) is 34.0 Å². The van der Waals surface area contributed by atoms with Crippen LogP contribution in [0.4, 0.5) is 5.82 Å². The molecule has 4 aromatic heterocycles. The predicted molar refractivity (Wildman–Crippen MR) is 154 cm³/mol. The fraction of sp³-hybridized carbons (Fsp3) is 0.565. The quantitative estimate of drug-likeness (QED) is 0.167. The molecule has 0 spiro atoms. The number of anilines is 1. The molecule has 46 heavy (non-hydrogen) atoms. The molecule has 0 aliphatic carbocycles. The first-order chi connectivity index (χ1) is 21.9. The van der Waals surface area contributed by atoms with Gasteiger partial charge in [-0.05, 0) is 14.0 Å². The summed E-state index contributed by atoms with van der Waals surface area (Å²) in [4.78, 5) is 35.7. The van der Waals surface area contributed by atoms with Gasteiger partial charge in [0.05, 0.1) is 25.9 Å². The maximum atomic E-state index is 14.0. The van der Waals surface area contributed by atoms with E-state index < -0.39 is 83.2 Å². The number of aliphatic hydroxyl groups is 2. The number of nitrogens with zero attached hydrogens (tertiary/aromatic N) is 7. The number of nitrogens with one attached hydrogen (secondary N) is 2. The topological polar surface area (TPSA) is 275 Å². The van der Waals surface area contributed by atoms with Gasteiger partial charge in [0.1, 0.15) is 54.3 Å². The second kappa shape index (κ2) is 11.5. The molecule has 7 heterocycles. The van der Waals surface area contributed by atoms with Crippen LogP contribution in [0.5, 0.6) is 0 Å². The van der Waals surface area contributed by atoms with Crippen molar-refractivity contribution in [3.8, 4) is 0 Å². The first kappa shape index (κ1) is 31.4. The molecule has 0 saturated carbocycles. The van der Waals surface area contributed by atoms with Gasteiger partial charge in [-0.3, -0.25) is 32.1 Å². The van der Waals surface area contributed by atoms with Gasteiger partial charge in [0.15, 0.2) is 35.1 Å². The average Bonchev–Trinajstić information content (AvgIpc) is 3.77. The fourth-order valence-electron chi connectivity index (χ4n) is 5.63. The Hall–Kier alpha value is -3.20. The first-order valence-electron chi connectivity index (χ1n) is 13.9. The highest BCUT2D eigenvalue weighted by atomic mass is 31.2. The molecule has 248 valence electrons. The van der Waals surface area contributed by atoms with Crippen LogP contribution in [-0.2, 0) is 36.7 Å². The van der Waals surface area contributed by atoms with Crippen molar-refractivity contribution in [1.82, 2.24) is 44.1 Å². The molecule has 7 rings (SSSR count). The van der Waals surface area contributed by atoms with Crippen LogP contribution >= 0.6 is 15.3 Å². The third-order valence-corrected chi connectivity index (χ3v) is 10.6. The summed E-state index contributed by atoms with van der Waals surface area (Å²) in [6, 6.07) is 0. The van der Waals surface area contributed by atoms with Crippen molar-refractivity contribution >= 4 is 43.5 Å². The molecule has 23 heteroatoms. The Balaban J connectivity index is 1.22. The molecule has 0 radical (unpaired) electrons. The second-order valence-corrected chi connectivity index (χ2v) is 14.8. The van der Waals surface area contributed by atoms with E-state index in [1.54, 1.807) is 6.92 Å². The van der Waals surface area contributed by atoms with E-state index >= 15 is 0 Å². The van der Waals surface area contributed by atoms with Crippen LogP contribution in [0.1, 0.15) is 18.3 Å². The summed E-state index contributed by atoms with van der Waals surface area (Å²) >= 11 is 0. The lowest BCUT2D eigenvalue weighted by Crippen LogP contribution is -2.37. The van der Waals surface area contributed by atoms with Gasteiger partial charge in [0.25, 0.3) is 5.56 Å². The van der Waals surface area contributed by atoms with Gasteiger partial charge in [-0.2, -0.15) is 0 Å². The molecule has 0 aromatic carbocycles. The number of H-pyrrole nitrogens is 1. The normalized spacial score (nSPS) is 37.2. The number of aromatic nitrogens is 8. The summed E-state index contributed by atoms with van der Waals surface area (Å²) in [6.45, 7) is 1.77. The number of imidazole rings is 2. The fourth-order valence-corrected chi connectivity index (χ4v) is 7.99. The lowest BCUT2D eigenvalue weighted by Gasteiger charge is -2.28. The molecule has 3 aliphatic heterocycles. The van der Waals surface area contributed by atoms with E-state index in [1.807, 2.05) is 0 Å². The van der Waals surface area contributed by atoms with E-state index in [2.05, 4.69) is 35.0 Å². The van der Waals surface area contributed by atoms with Gasteiger partial charge in [0, 0.05) is 6.66 Å². The standard InChI is InChI=1S/C23H30N10O11P2/c1-9-30-20-13(21(36)31-9)29-8-33(20)23-17-14(34)10(41-23)4-39-45(3,37)43-16-11(5-40-46(38,25-2)44-17)42-22(15(16)35)32-7-28-12-18(24)26-6-27-19(12)32/h6-8,10-11,14-17,22-23,34-35H,4-5H2,1-3H3,(H,25,38)(H2,24,26,27)(H,30,31,36)/t10-,11-,14?,15?,16+,17+,22-,23-,45?,46?/m1/s1. The maximum Gasteiger partial charge on any atom is 0.405 e. The molecule has 6 N–H and O–H groups in total. The minimum atomic E-state index is -4.28. The summed E-state index contributed by atoms with van der Waals surface area (Å²) in [5, 5.41) is 25.1. The van der Waals surface area contributed by atoms with Gasteiger partial charge in [-0.25, -0.2) is 34.6 Å². The summed E-state index contributed by atoms with van der Waals surface area (Å²) in [5.41, 5.74) is 6.02. The Morgan fingerprint density at radius 3 is 2.39 bits per heavy atom. The van der Waals surface area contributed by atoms with Crippen molar-refractivity contribution in [1.29, 1.82) is 0 Å². The number of rotatable bonds is 3. The highest BCUT2D eigenvalue weighted by Crippen LogP contribution is 2.53. The van der Waals surface area contributed by atoms with Gasteiger partial charge >= 0.3 is 15.3 Å². The Kier molecular flexibility index (Phi) is 7.85. The van der Waals surface area contributed by atoms with E-state index in [0.717, 1.165) is 0 Å². The van der Waals surface area contributed by atoms with Crippen LogP contribution in [0, 0.1) is 6.92 Å². The summed E-state index contributed by atoms with van der Waals surface area (Å²) in [5.74, 6) is 0.396. The summed E-state index contributed by atoms with van der Waals surface area (Å²) in [6.07, 6.45) is -6.68. The number of aliphatic hydroxyl groups excluding tert-OH is 2. The minimum absolute atomic E-state index is 0.00610. The molecule has 21 nitrogen and oxygen atoms in total. The number of fused-ring (bicyclic) bond motifs is 5. The van der Waals surface area contributed by atoms with Crippen LogP contribution in [-0.4, -0.2) is 113 Å². The van der Waals surface area contributed by atoms with Crippen molar-refractivity contribution in [2.45, 2.75) is 56.0 Å². The number of nitrogen functional groups attached to an aromatic ring is 1. The van der Waals surface area contributed by atoms with Crippen LogP contribution in [0.15, 0.2) is 23.8 Å². The molecule has 2 bridgehead atoms. The number of hydrogen-bond acceptors (Lipinski definition) is 17. The lowest BCUT2D eigenvalue weighted by molar-refractivity contribution is -0.0601. The van der Waals surface area contributed by atoms with E-state index in [0.29, 0.717) is 0 Å². The molecule has 3 saturated heterocycles. The average molecular weight is 685 g/mol. The first-order valence-corrected chi connectivity index (χ1v) is 17.5. The Morgan fingerprint density at radius 2 is 1.63 bits per heavy atom. The van der Waals surface area contributed by atoms with E-state index in [1.165, 1.54) is 41.8 Å². The lowest BCUT2D eigenvalue weighted by atomic mass is 10.1. The molecular formula is C23H30N10O11P2. The molecule has 10 atom stereocenters. The van der Waals surface area contributed by atoms with Crippen molar-refractivity contribution in [2.75, 3.05) is 32.7 Å². The molecule has 4 aromatic rings. The highest BCUT2D eigenvalue weighted by Gasteiger charge is 2.53. The number of aryl methyl sites for hydroxylation is 1. The monoisotopic (exact) mass is 684 g/mol. The van der Waals surface area contributed by atoms with E-state index in [4.69, 9.17) is 33.3 Å². The van der Waals surface area contributed by atoms with Gasteiger partial charge in [-0.15, -0.1) is 0 Å². The number of hydrogen-bond donors (Lipinski definition) is 5. The molecular weight excluding hydrogens is 654 g/mol. The van der Waals surface area contributed by atoms with Gasteiger partial charge < -0.3 is 34.9 Å². The number of aromatic amines is 1.